The lowest BCUT2D eigenvalue weighted by Crippen LogP contribution is -2.36. The third-order valence-corrected chi connectivity index (χ3v) is 12.2. The second-order valence-corrected chi connectivity index (χ2v) is 18.8. The lowest BCUT2D eigenvalue weighted by atomic mass is 10.0. The summed E-state index contributed by atoms with van der Waals surface area (Å²) in [5, 5.41) is 6.42. The van der Waals surface area contributed by atoms with Gasteiger partial charge in [-0.05, 0) is 95.7 Å². The normalized spacial score (nSPS) is 16.6. The average molecular weight is 823 g/mol. The first-order chi connectivity index (χ1) is 28.2. The number of hydrogen-bond donors (Lipinski definition) is 0. The molecule has 4 heterocycles. The van der Waals surface area contributed by atoms with Crippen LogP contribution in [0.1, 0.15) is 106 Å². The van der Waals surface area contributed by atoms with Crippen molar-refractivity contribution in [2.24, 2.45) is 0 Å². The highest BCUT2D eigenvalue weighted by Crippen LogP contribution is 2.42. The maximum Gasteiger partial charge on any atom is 0.410 e. The molecular weight excluding hydrogens is 773 g/mol. The van der Waals surface area contributed by atoms with E-state index in [1.807, 2.05) is 83.7 Å². The summed E-state index contributed by atoms with van der Waals surface area (Å²) in [4.78, 5) is 40.8. The van der Waals surface area contributed by atoms with Gasteiger partial charge in [0.25, 0.3) is 0 Å². The first-order valence-electron chi connectivity index (χ1n) is 20.1. The summed E-state index contributed by atoms with van der Waals surface area (Å²) in [6.07, 6.45) is 8.91. The highest BCUT2D eigenvalue weighted by atomic mass is 32.1. The topological polar surface area (TPSA) is 84.9 Å². The monoisotopic (exact) mass is 822 g/mol. The molecule has 2 fully saturated rings. The number of amides is 2. The van der Waals surface area contributed by atoms with E-state index in [-0.39, 0.29) is 24.3 Å². The van der Waals surface area contributed by atoms with Crippen LogP contribution in [0.25, 0.3) is 44.1 Å². The number of ether oxygens (including phenoxy) is 2. The average Bonchev–Trinajstić information content (AvgIpc) is 4.03. The van der Waals surface area contributed by atoms with Crippen LogP contribution in [0.3, 0.4) is 0 Å². The summed E-state index contributed by atoms with van der Waals surface area (Å²) in [5.74, 6) is 9.07. The summed E-state index contributed by atoms with van der Waals surface area (Å²) in [7, 11) is 0. The van der Waals surface area contributed by atoms with E-state index in [2.05, 4.69) is 72.4 Å². The van der Waals surface area contributed by atoms with E-state index in [9.17, 15) is 9.59 Å². The standard InChI is InChI=1S/C25H26N2O2S.C24H24N2O2S/c1-5-10-21-22(19-14-8-12-17-11-6-7-13-18(17)19)26-23(30-21)20-15-9-16-27(20)24(28)29-25(2,3)4;1-5-20-21(18-13-8-11-16-10-6-7-12-17(16)18)25-22(29-20)19-14-9-15-26(19)23(27)28-24(2,3)4/h6-8,11-14,20H,9,15-16H2,1-4H3;1,6-8,10-13,19H,9,14-15H2,2-4H3/t20-;19-/m00/s1. The molecule has 2 atom stereocenters. The Morgan fingerprint density at radius 1 is 0.661 bits per heavy atom. The predicted molar refractivity (Wildman–Crippen MR) is 240 cm³/mol. The lowest BCUT2D eigenvalue weighted by molar-refractivity contribution is 0.0213. The minimum absolute atomic E-state index is 0.0639. The van der Waals surface area contributed by atoms with Crippen LogP contribution < -0.4 is 0 Å². The maximum atomic E-state index is 12.8. The number of aromatic nitrogens is 2. The van der Waals surface area contributed by atoms with Gasteiger partial charge in [0, 0.05) is 24.2 Å². The van der Waals surface area contributed by atoms with Gasteiger partial charge >= 0.3 is 12.2 Å². The Kier molecular flexibility index (Phi) is 12.1. The van der Waals surface area contributed by atoms with Crippen LogP contribution >= 0.6 is 22.7 Å². The van der Waals surface area contributed by atoms with E-state index in [0.717, 1.165) is 84.1 Å². The Balaban J connectivity index is 0.000000179. The molecule has 2 saturated heterocycles. The third kappa shape index (κ3) is 9.31. The third-order valence-electron chi connectivity index (χ3n) is 10.1. The molecule has 302 valence electrons. The van der Waals surface area contributed by atoms with Crippen molar-refractivity contribution in [1.29, 1.82) is 0 Å². The van der Waals surface area contributed by atoms with Crippen LogP contribution in [0.5, 0.6) is 0 Å². The smallest absolute Gasteiger partial charge is 0.410 e. The van der Waals surface area contributed by atoms with Crippen LogP contribution in [-0.2, 0) is 9.47 Å². The Labute approximate surface area is 355 Å². The Hall–Kier alpha value is -5.68. The quantitative estimate of drug-likeness (QED) is 0.165. The molecule has 0 aliphatic carbocycles. The van der Waals surface area contributed by atoms with Gasteiger partial charge in [-0.25, -0.2) is 19.6 Å². The van der Waals surface area contributed by atoms with Crippen LogP contribution in [0.2, 0.25) is 0 Å². The fraction of sp³-hybridized carbons (Fsp3) is 0.347. The molecule has 0 unspecified atom stereocenters. The number of hydrogen-bond acceptors (Lipinski definition) is 8. The van der Waals surface area contributed by atoms with Crippen LogP contribution in [0, 0.1) is 24.2 Å². The molecule has 0 spiro atoms. The SMILES string of the molecule is C#Cc1sc([C@@H]2CCCN2C(=O)OC(C)(C)C)nc1-c1cccc2ccccc12.CC#Cc1sc([C@@H]2CCCN2C(=O)OC(C)(C)C)nc1-c1cccc2ccccc12. The summed E-state index contributed by atoms with van der Waals surface area (Å²) >= 11 is 3.09. The molecule has 0 saturated carbocycles. The number of thiazole rings is 2. The van der Waals surface area contributed by atoms with Crippen molar-refractivity contribution in [2.45, 2.75) is 97.4 Å². The first-order valence-corrected chi connectivity index (χ1v) is 21.7. The summed E-state index contributed by atoms with van der Waals surface area (Å²) < 4.78 is 11.2. The zero-order chi connectivity index (χ0) is 41.9. The molecule has 2 aromatic heterocycles. The van der Waals surface area contributed by atoms with Crippen molar-refractivity contribution in [3.05, 3.63) is 105 Å². The van der Waals surface area contributed by atoms with Gasteiger partial charge in [0.1, 0.15) is 31.0 Å². The minimum Gasteiger partial charge on any atom is -0.444 e. The largest absolute Gasteiger partial charge is 0.444 e. The Bertz CT molecular complexity index is 2600. The molecule has 0 N–H and O–H groups in total. The second-order valence-electron chi connectivity index (χ2n) is 16.7. The molecule has 0 bridgehead atoms. The fourth-order valence-corrected chi connectivity index (χ4v) is 9.78. The van der Waals surface area contributed by atoms with Gasteiger partial charge in [-0.3, -0.25) is 9.80 Å². The van der Waals surface area contributed by atoms with Crippen LogP contribution in [-0.4, -0.2) is 56.2 Å². The molecule has 4 aromatic carbocycles. The van der Waals surface area contributed by atoms with E-state index >= 15 is 0 Å². The number of carbonyl (C=O) groups is 2. The number of benzene rings is 4. The molecular formula is C49H50N4O4S2. The molecule has 8 nitrogen and oxygen atoms in total. The number of likely N-dealkylation sites (tertiary alicyclic amines) is 2. The Morgan fingerprint density at radius 2 is 1.08 bits per heavy atom. The van der Waals surface area contributed by atoms with E-state index < -0.39 is 11.2 Å². The molecule has 6 aromatic rings. The van der Waals surface area contributed by atoms with Gasteiger partial charge in [-0.1, -0.05) is 96.8 Å². The molecule has 2 amide bonds. The van der Waals surface area contributed by atoms with Crippen molar-refractivity contribution in [3.63, 3.8) is 0 Å². The van der Waals surface area contributed by atoms with E-state index in [0.29, 0.717) is 13.1 Å². The van der Waals surface area contributed by atoms with Gasteiger partial charge in [-0.15, -0.1) is 35.0 Å². The number of fused-ring (bicyclic) bond motifs is 2. The van der Waals surface area contributed by atoms with E-state index in [1.165, 1.54) is 16.7 Å². The van der Waals surface area contributed by atoms with Gasteiger partial charge < -0.3 is 9.47 Å². The first kappa shape index (κ1) is 41.5. The van der Waals surface area contributed by atoms with Crippen molar-refractivity contribution in [3.8, 4) is 46.7 Å². The summed E-state index contributed by atoms with van der Waals surface area (Å²) in [6, 6.07) is 28.8. The summed E-state index contributed by atoms with van der Waals surface area (Å²) in [5.41, 5.74) is 2.79. The number of carbonyl (C=O) groups excluding carboxylic acids is 2. The molecule has 59 heavy (non-hydrogen) atoms. The Morgan fingerprint density at radius 3 is 1.53 bits per heavy atom. The van der Waals surface area contributed by atoms with Gasteiger partial charge in [0.15, 0.2) is 0 Å². The van der Waals surface area contributed by atoms with Crippen LogP contribution in [0.4, 0.5) is 9.59 Å². The van der Waals surface area contributed by atoms with Gasteiger partial charge in [0.2, 0.25) is 0 Å². The predicted octanol–water partition coefficient (Wildman–Crippen LogP) is 12.4. The van der Waals surface area contributed by atoms with Crippen molar-refractivity contribution >= 4 is 56.4 Å². The van der Waals surface area contributed by atoms with Gasteiger partial charge in [0.05, 0.1) is 23.5 Å². The van der Waals surface area contributed by atoms with Crippen molar-refractivity contribution in [1.82, 2.24) is 19.8 Å². The van der Waals surface area contributed by atoms with Crippen molar-refractivity contribution < 1.29 is 19.1 Å². The highest BCUT2D eigenvalue weighted by Gasteiger charge is 2.37. The van der Waals surface area contributed by atoms with Crippen LogP contribution in [0.15, 0.2) is 84.9 Å². The zero-order valence-electron chi connectivity index (χ0n) is 34.8. The number of terminal acetylenes is 1. The highest BCUT2D eigenvalue weighted by molar-refractivity contribution is 7.13. The van der Waals surface area contributed by atoms with Gasteiger partial charge in [-0.2, -0.15) is 0 Å². The summed E-state index contributed by atoms with van der Waals surface area (Å²) in [6.45, 7) is 14.5. The second kappa shape index (κ2) is 17.3. The fourth-order valence-electron chi connectivity index (χ4n) is 7.61. The minimum atomic E-state index is -0.523. The number of rotatable bonds is 4. The molecule has 0 radical (unpaired) electrons. The molecule has 10 heteroatoms. The van der Waals surface area contributed by atoms with E-state index in [1.54, 1.807) is 16.2 Å². The molecule has 2 aliphatic heterocycles. The van der Waals surface area contributed by atoms with Crippen molar-refractivity contribution in [2.75, 3.05) is 13.1 Å². The molecule has 8 rings (SSSR count). The number of nitrogens with zero attached hydrogens (tertiary/aromatic N) is 4. The lowest BCUT2D eigenvalue weighted by Gasteiger charge is -2.27. The van der Waals surface area contributed by atoms with E-state index in [4.69, 9.17) is 25.9 Å². The maximum absolute atomic E-state index is 12.8. The zero-order valence-corrected chi connectivity index (χ0v) is 36.4. The molecule has 2 aliphatic rings.